The van der Waals surface area contributed by atoms with Crippen LogP contribution in [0.5, 0.6) is 0 Å². The number of aliphatic hydroxyl groups is 1. The zero-order valence-electron chi connectivity index (χ0n) is 11.2. The number of aliphatic hydroxyl groups excluding tert-OH is 1. The lowest BCUT2D eigenvalue weighted by Crippen LogP contribution is -2.34. The second-order valence-electron chi connectivity index (χ2n) is 5.77. The zero-order chi connectivity index (χ0) is 12.1. The second kappa shape index (κ2) is 6.41. The van der Waals surface area contributed by atoms with Crippen LogP contribution in [0.2, 0.25) is 0 Å². The van der Waals surface area contributed by atoms with Crippen molar-refractivity contribution in [2.75, 3.05) is 13.1 Å². The van der Waals surface area contributed by atoms with Gasteiger partial charge in [-0.1, -0.05) is 32.4 Å². The van der Waals surface area contributed by atoms with Crippen LogP contribution in [0.25, 0.3) is 0 Å². The number of hydrogen-bond donors (Lipinski definition) is 2. The quantitative estimate of drug-likeness (QED) is 0.705. The Balaban J connectivity index is 2.21. The predicted molar refractivity (Wildman–Crippen MR) is 69.4 cm³/mol. The van der Waals surface area contributed by atoms with Gasteiger partial charge in [0, 0.05) is 6.54 Å². The van der Waals surface area contributed by atoms with E-state index in [4.69, 9.17) is 0 Å². The van der Waals surface area contributed by atoms with Gasteiger partial charge in [0.05, 0.1) is 6.10 Å². The van der Waals surface area contributed by atoms with Gasteiger partial charge in [-0.25, -0.2) is 0 Å². The minimum Gasteiger partial charge on any atom is -0.392 e. The number of nitrogens with one attached hydrogen (secondary N) is 1. The fourth-order valence-corrected chi connectivity index (χ4v) is 2.51. The van der Waals surface area contributed by atoms with Gasteiger partial charge in [0.15, 0.2) is 0 Å². The van der Waals surface area contributed by atoms with Crippen molar-refractivity contribution in [2.45, 2.75) is 46.6 Å². The molecule has 1 aliphatic rings. The molecule has 2 heteroatoms. The van der Waals surface area contributed by atoms with Crippen LogP contribution in [0.1, 0.15) is 40.5 Å². The molecular formula is C14H27NO. The summed E-state index contributed by atoms with van der Waals surface area (Å²) in [6.45, 7) is 10.4. The summed E-state index contributed by atoms with van der Waals surface area (Å²) in [6, 6.07) is 0. The molecule has 2 nitrogen and oxygen atoms in total. The lowest BCUT2D eigenvalue weighted by molar-refractivity contribution is 0.122. The van der Waals surface area contributed by atoms with Crippen LogP contribution in [0.4, 0.5) is 0 Å². The maximum Gasteiger partial charge on any atom is 0.0687 e. The van der Waals surface area contributed by atoms with Gasteiger partial charge < -0.3 is 10.4 Å². The number of hydrogen-bond acceptors (Lipinski definition) is 2. The van der Waals surface area contributed by atoms with Gasteiger partial charge in [0.1, 0.15) is 0 Å². The van der Waals surface area contributed by atoms with Crippen molar-refractivity contribution in [2.24, 2.45) is 17.8 Å². The standard InChI is InChI=1S/C14H27NO/c1-10(2)14(16)9-15-8-13-6-11(3)5-12(4)7-13/h5,10-11,13-16H,6-9H2,1-4H3. The molecule has 94 valence electrons. The Labute approximate surface area is 100 Å². The summed E-state index contributed by atoms with van der Waals surface area (Å²) in [7, 11) is 0. The molecule has 1 rings (SSSR count). The first-order valence-electron chi connectivity index (χ1n) is 6.55. The van der Waals surface area contributed by atoms with Gasteiger partial charge >= 0.3 is 0 Å². The highest BCUT2D eigenvalue weighted by molar-refractivity contribution is 5.06. The van der Waals surface area contributed by atoms with Crippen molar-refractivity contribution in [1.82, 2.24) is 5.32 Å². The summed E-state index contributed by atoms with van der Waals surface area (Å²) in [5.41, 5.74) is 1.52. The predicted octanol–water partition coefficient (Wildman–Crippen LogP) is 2.59. The van der Waals surface area contributed by atoms with E-state index in [9.17, 15) is 5.11 Å². The zero-order valence-corrected chi connectivity index (χ0v) is 11.2. The molecule has 0 aliphatic heterocycles. The summed E-state index contributed by atoms with van der Waals surface area (Å²) >= 11 is 0. The first kappa shape index (κ1) is 13.7. The normalized spacial score (nSPS) is 28.0. The van der Waals surface area contributed by atoms with Gasteiger partial charge in [0.2, 0.25) is 0 Å². The van der Waals surface area contributed by atoms with Crippen molar-refractivity contribution >= 4 is 0 Å². The van der Waals surface area contributed by atoms with E-state index in [1.807, 2.05) is 0 Å². The Kier molecular flexibility index (Phi) is 5.50. The molecule has 0 aromatic carbocycles. The molecule has 2 N–H and O–H groups in total. The van der Waals surface area contributed by atoms with Crippen molar-refractivity contribution in [3.63, 3.8) is 0 Å². The third-order valence-electron chi connectivity index (χ3n) is 3.44. The van der Waals surface area contributed by atoms with Crippen LogP contribution >= 0.6 is 0 Å². The smallest absolute Gasteiger partial charge is 0.0687 e. The third-order valence-corrected chi connectivity index (χ3v) is 3.44. The lowest BCUT2D eigenvalue weighted by atomic mass is 9.84. The molecule has 16 heavy (non-hydrogen) atoms. The Bertz CT molecular complexity index is 235. The summed E-state index contributed by atoms with van der Waals surface area (Å²) < 4.78 is 0. The summed E-state index contributed by atoms with van der Waals surface area (Å²) in [5.74, 6) is 1.81. The highest BCUT2D eigenvalue weighted by atomic mass is 16.3. The fourth-order valence-electron chi connectivity index (χ4n) is 2.51. The van der Waals surface area contributed by atoms with Crippen molar-refractivity contribution in [3.05, 3.63) is 11.6 Å². The number of allylic oxidation sites excluding steroid dienone is 2. The van der Waals surface area contributed by atoms with E-state index in [0.29, 0.717) is 5.92 Å². The van der Waals surface area contributed by atoms with Gasteiger partial charge in [-0.2, -0.15) is 0 Å². The summed E-state index contributed by atoms with van der Waals surface area (Å²) in [6.07, 6.45) is 4.68. The third kappa shape index (κ3) is 4.67. The van der Waals surface area contributed by atoms with Crippen LogP contribution in [-0.2, 0) is 0 Å². The first-order valence-corrected chi connectivity index (χ1v) is 6.55. The minimum absolute atomic E-state index is 0.211. The van der Waals surface area contributed by atoms with Gasteiger partial charge in [-0.05, 0) is 44.1 Å². The van der Waals surface area contributed by atoms with E-state index in [2.05, 4.69) is 39.1 Å². The molecule has 0 spiro atoms. The molecule has 0 heterocycles. The molecule has 3 atom stereocenters. The highest BCUT2D eigenvalue weighted by Gasteiger charge is 2.18. The second-order valence-corrected chi connectivity index (χ2v) is 5.77. The SMILES string of the molecule is CC1=CC(C)CC(CNCC(O)C(C)C)C1. The minimum atomic E-state index is -0.211. The van der Waals surface area contributed by atoms with Crippen LogP contribution in [0.3, 0.4) is 0 Å². The van der Waals surface area contributed by atoms with E-state index in [1.165, 1.54) is 18.4 Å². The average molecular weight is 225 g/mol. The molecule has 3 unspecified atom stereocenters. The largest absolute Gasteiger partial charge is 0.392 e. The molecule has 0 radical (unpaired) electrons. The van der Waals surface area contributed by atoms with Crippen LogP contribution in [0, 0.1) is 17.8 Å². The van der Waals surface area contributed by atoms with Crippen LogP contribution in [-0.4, -0.2) is 24.3 Å². The topological polar surface area (TPSA) is 32.3 Å². The molecule has 0 fully saturated rings. The molecule has 0 aromatic rings. The Morgan fingerprint density at radius 3 is 2.75 bits per heavy atom. The van der Waals surface area contributed by atoms with E-state index >= 15 is 0 Å². The monoisotopic (exact) mass is 225 g/mol. The summed E-state index contributed by atoms with van der Waals surface area (Å²) in [5, 5.41) is 13.1. The maximum atomic E-state index is 9.69. The Hall–Kier alpha value is -0.340. The lowest BCUT2D eigenvalue weighted by Gasteiger charge is -2.26. The van der Waals surface area contributed by atoms with E-state index in [-0.39, 0.29) is 6.10 Å². The Morgan fingerprint density at radius 1 is 1.50 bits per heavy atom. The van der Waals surface area contributed by atoms with Crippen molar-refractivity contribution < 1.29 is 5.11 Å². The molecule has 0 aromatic heterocycles. The Morgan fingerprint density at radius 2 is 2.19 bits per heavy atom. The molecule has 1 aliphatic carbocycles. The van der Waals surface area contributed by atoms with Gasteiger partial charge in [0.25, 0.3) is 0 Å². The number of rotatable bonds is 5. The van der Waals surface area contributed by atoms with Crippen molar-refractivity contribution in [1.29, 1.82) is 0 Å². The van der Waals surface area contributed by atoms with E-state index in [0.717, 1.165) is 24.9 Å². The maximum absolute atomic E-state index is 9.69. The molecular weight excluding hydrogens is 198 g/mol. The molecule has 0 saturated carbocycles. The fraction of sp³-hybridized carbons (Fsp3) is 0.857. The van der Waals surface area contributed by atoms with Crippen LogP contribution < -0.4 is 5.32 Å². The average Bonchev–Trinajstić information content (AvgIpc) is 2.15. The molecule has 0 saturated heterocycles. The van der Waals surface area contributed by atoms with E-state index in [1.54, 1.807) is 0 Å². The molecule has 0 bridgehead atoms. The van der Waals surface area contributed by atoms with Crippen molar-refractivity contribution in [3.8, 4) is 0 Å². The highest BCUT2D eigenvalue weighted by Crippen LogP contribution is 2.27. The summed E-state index contributed by atoms with van der Waals surface area (Å²) in [4.78, 5) is 0. The van der Waals surface area contributed by atoms with Crippen LogP contribution in [0.15, 0.2) is 11.6 Å². The van der Waals surface area contributed by atoms with Gasteiger partial charge in [-0.3, -0.25) is 0 Å². The van der Waals surface area contributed by atoms with E-state index < -0.39 is 0 Å². The van der Waals surface area contributed by atoms with Gasteiger partial charge in [-0.15, -0.1) is 0 Å². The molecule has 0 amide bonds. The first-order chi connectivity index (χ1) is 7.49.